The molecule has 0 aliphatic rings. The first-order valence-electron chi connectivity index (χ1n) is 7.37. The van der Waals surface area contributed by atoms with Crippen molar-refractivity contribution in [2.75, 3.05) is 0 Å². The average molecular weight is 252 g/mol. The van der Waals surface area contributed by atoms with Crippen LogP contribution in [0.5, 0.6) is 0 Å². The Bertz CT molecular complexity index is 545. The lowest BCUT2D eigenvalue weighted by Gasteiger charge is -2.04. The minimum Gasteiger partial charge on any atom is -0.0859 e. The molecule has 0 unspecified atom stereocenters. The number of unbranched alkanes of at least 4 members (excludes halogenated alkanes) is 3. The van der Waals surface area contributed by atoms with Gasteiger partial charge in [0.2, 0.25) is 0 Å². The molecule has 0 heterocycles. The van der Waals surface area contributed by atoms with Crippen molar-refractivity contribution >= 4 is 10.8 Å². The van der Waals surface area contributed by atoms with Crippen molar-refractivity contribution in [3.63, 3.8) is 0 Å². The molecule has 19 heavy (non-hydrogen) atoms. The number of allylic oxidation sites excluding steroid dienone is 2. The molecular weight excluding hydrogens is 228 g/mol. The van der Waals surface area contributed by atoms with E-state index in [1.165, 1.54) is 54.0 Å². The third-order valence-electron chi connectivity index (χ3n) is 3.54. The molecule has 0 saturated carbocycles. The Labute approximate surface area is 117 Å². The molecule has 0 spiro atoms. The Hall–Kier alpha value is -1.56. The van der Waals surface area contributed by atoms with Crippen LogP contribution in [0.4, 0.5) is 0 Å². The fraction of sp³-hybridized carbons (Fsp3) is 0.368. The minimum atomic E-state index is 1.21. The fourth-order valence-electron chi connectivity index (χ4n) is 2.44. The van der Waals surface area contributed by atoms with E-state index >= 15 is 0 Å². The monoisotopic (exact) mass is 252 g/mol. The molecule has 0 nitrogen and oxygen atoms in total. The van der Waals surface area contributed by atoms with E-state index in [9.17, 15) is 0 Å². The molecule has 2 aromatic rings. The number of benzene rings is 2. The van der Waals surface area contributed by atoms with Crippen molar-refractivity contribution in [3.8, 4) is 0 Å². The van der Waals surface area contributed by atoms with Crippen LogP contribution in [0.15, 0.2) is 54.1 Å². The number of hydrogen-bond donors (Lipinski definition) is 0. The van der Waals surface area contributed by atoms with Gasteiger partial charge in [0, 0.05) is 0 Å². The van der Waals surface area contributed by atoms with Crippen molar-refractivity contribution in [2.24, 2.45) is 0 Å². The molecule has 0 fully saturated rings. The van der Waals surface area contributed by atoms with E-state index in [1.807, 2.05) is 0 Å². The van der Waals surface area contributed by atoms with Gasteiger partial charge in [-0.05, 0) is 55.9 Å². The SMILES string of the molecule is CC(C)=CCCCCCc1ccc2ccccc2c1. The van der Waals surface area contributed by atoms with Gasteiger partial charge in [-0.1, -0.05) is 60.5 Å². The van der Waals surface area contributed by atoms with E-state index in [-0.39, 0.29) is 0 Å². The zero-order valence-electron chi connectivity index (χ0n) is 12.2. The van der Waals surface area contributed by atoms with Gasteiger partial charge in [0.15, 0.2) is 0 Å². The quantitative estimate of drug-likeness (QED) is 0.443. The van der Waals surface area contributed by atoms with Gasteiger partial charge in [-0.25, -0.2) is 0 Å². The van der Waals surface area contributed by atoms with E-state index in [4.69, 9.17) is 0 Å². The lowest BCUT2D eigenvalue weighted by molar-refractivity contribution is 0.686. The zero-order chi connectivity index (χ0) is 13.5. The van der Waals surface area contributed by atoms with Crippen molar-refractivity contribution in [1.29, 1.82) is 0 Å². The molecule has 0 aliphatic heterocycles. The van der Waals surface area contributed by atoms with Crippen LogP contribution in [0.2, 0.25) is 0 Å². The number of fused-ring (bicyclic) bond motifs is 1. The van der Waals surface area contributed by atoms with Gasteiger partial charge in [-0.2, -0.15) is 0 Å². The van der Waals surface area contributed by atoms with Gasteiger partial charge >= 0.3 is 0 Å². The predicted octanol–water partition coefficient (Wildman–Crippen LogP) is 5.91. The van der Waals surface area contributed by atoms with E-state index in [0.717, 1.165) is 0 Å². The third kappa shape index (κ3) is 4.55. The molecule has 0 aromatic heterocycles. The van der Waals surface area contributed by atoms with Gasteiger partial charge in [-0.15, -0.1) is 0 Å². The van der Waals surface area contributed by atoms with E-state index in [2.05, 4.69) is 62.4 Å². The van der Waals surface area contributed by atoms with Crippen molar-refractivity contribution in [2.45, 2.75) is 46.0 Å². The van der Waals surface area contributed by atoms with E-state index in [1.54, 1.807) is 0 Å². The summed E-state index contributed by atoms with van der Waals surface area (Å²) < 4.78 is 0. The molecule has 0 radical (unpaired) electrons. The molecule has 2 aromatic carbocycles. The first-order valence-corrected chi connectivity index (χ1v) is 7.37. The molecular formula is C19H24. The highest BCUT2D eigenvalue weighted by Crippen LogP contribution is 2.17. The highest BCUT2D eigenvalue weighted by Gasteiger charge is 1.96. The molecule has 0 N–H and O–H groups in total. The maximum Gasteiger partial charge on any atom is -0.0181 e. The van der Waals surface area contributed by atoms with Crippen LogP contribution in [0.3, 0.4) is 0 Å². The fourth-order valence-corrected chi connectivity index (χ4v) is 2.44. The first-order chi connectivity index (χ1) is 9.25. The Kier molecular flexibility index (Phi) is 5.20. The molecule has 100 valence electrons. The van der Waals surface area contributed by atoms with Crippen molar-refractivity contribution in [1.82, 2.24) is 0 Å². The second kappa shape index (κ2) is 7.13. The lowest BCUT2D eigenvalue weighted by Crippen LogP contribution is -1.86. The highest BCUT2D eigenvalue weighted by atomic mass is 14.0. The number of aryl methyl sites for hydroxylation is 1. The minimum absolute atomic E-state index is 1.21. The largest absolute Gasteiger partial charge is 0.0859 e. The molecule has 0 bridgehead atoms. The van der Waals surface area contributed by atoms with Crippen molar-refractivity contribution in [3.05, 3.63) is 59.7 Å². The summed E-state index contributed by atoms with van der Waals surface area (Å²) in [5.41, 5.74) is 2.91. The Morgan fingerprint density at radius 1 is 0.895 bits per heavy atom. The summed E-state index contributed by atoms with van der Waals surface area (Å²) in [5.74, 6) is 0. The maximum atomic E-state index is 2.34. The Balaban J connectivity index is 1.80. The molecule has 0 heteroatoms. The van der Waals surface area contributed by atoms with Gasteiger partial charge in [0.05, 0.1) is 0 Å². The van der Waals surface area contributed by atoms with Crippen molar-refractivity contribution < 1.29 is 0 Å². The smallest absolute Gasteiger partial charge is 0.0181 e. The van der Waals surface area contributed by atoms with Gasteiger partial charge in [0.25, 0.3) is 0 Å². The first kappa shape index (κ1) is 13.9. The zero-order valence-corrected chi connectivity index (χ0v) is 12.2. The summed E-state index contributed by atoms with van der Waals surface area (Å²) in [6.07, 6.45) is 8.74. The van der Waals surface area contributed by atoms with Crippen LogP contribution in [0, 0.1) is 0 Å². The van der Waals surface area contributed by atoms with Crippen LogP contribution < -0.4 is 0 Å². The predicted molar refractivity (Wildman–Crippen MR) is 85.6 cm³/mol. The van der Waals surface area contributed by atoms with Crippen LogP contribution in [-0.2, 0) is 6.42 Å². The summed E-state index contributed by atoms with van der Waals surface area (Å²) >= 11 is 0. The molecule has 0 atom stereocenters. The topological polar surface area (TPSA) is 0 Å². The number of hydrogen-bond acceptors (Lipinski definition) is 0. The molecule has 0 amide bonds. The summed E-state index contributed by atoms with van der Waals surface area (Å²) in [6, 6.07) is 15.5. The summed E-state index contributed by atoms with van der Waals surface area (Å²) in [7, 11) is 0. The normalized spacial score (nSPS) is 10.6. The maximum absolute atomic E-state index is 2.34. The van der Waals surface area contributed by atoms with Gasteiger partial charge in [0.1, 0.15) is 0 Å². The lowest BCUT2D eigenvalue weighted by atomic mass is 10.0. The highest BCUT2D eigenvalue weighted by molar-refractivity contribution is 5.82. The second-order valence-corrected chi connectivity index (χ2v) is 5.56. The van der Waals surface area contributed by atoms with Crippen LogP contribution in [0.1, 0.15) is 45.1 Å². The van der Waals surface area contributed by atoms with Gasteiger partial charge in [-0.3, -0.25) is 0 Å². The van der Waals surface area contributed by atoms with Crippen LogP contribution in [-0.4, -0.2) is 0 Å². The van der Waals surface area contributed by atoms with Crippen LogP contribution in [0.25, 0.3) is 10.8 Å². The Morgan fingerprint density at radius 3 is 2.47 bits per heavy atom. The Morgan fingerprint density at radius 2 is 1.68 bits per heavy atom. The van der Waals surface area contributed by atoms with Gasteiger partial charge < -0.3 is 0 Å². The van der Waals surface area contributed by atoms with E-state index in [0.29, 0.717) is 0 Å². The second-order valence-electron chi connectivity index (χ2n) is 5.56. The average Bonchev–Trinajstić information content (AvgIpc) is 2.42. The summed E-state index contributed by atoms with van der Waals surface area (Å²) in [6.45, 7) is 4.35. The number of rotatable bonds is 6. The van der Waals surface area contributed by atoms with Crippen LogP contribution >= 0.6 is 0 Å². The molecule has 0 aliphatic carbocycles. The standard InChI is InChI=1S/C19H24/c1-16(2)9-5-3-4-6-10-17-13-14-18-11-7-8-12-19(18)15-17/h7-9,11-15H,3-6,10H2,1-2H3. The van der Waals surface area contributed by atoms with E-state index < -0.39 is 0 Å². The molecule has 2 rings (SSSR count). The third-order valence-corrected chi connectivity index (χ3v) is 3.54. The summed E-state index contributed by atoms with van der Waals surface area (Å²) in [4.78, 5) is 0. The summed E-state index contributed by atoms with van der Waals surface area (Å²) in [5, 5.41) is 2.71. The molecule has 0 saturated heterocycles.